The van der Waals surface area contributed by atoms with Crippen LogP contribution < -0.4 is 0 Å². The highest BCUT2D eigenvalue weighted by Gasteiger charge is 2.32. The summed E-state index contributed by atoms with van der Waals surface area (Å²) in [7, 11) is 3.96. The Bertz CT molecular complexity index is 509. The predicted molar refractivity (Wildman–Crippen MR) is 83.9 cm³/mol. The fourth-order valence-electron chi connectivity index (χ4n) is 2.47. The molecule has 2 rings (SSSR count). The van der Waals surface area contributed by atoms with Gasteiger partial charge in [-0.3, -0.25) is 0 Å². The van der Waals surface area contributed by atoms with E-state index in [-0.39, 0.29) is 0 Å². The lowest BCUT2D eigenvalue weighted by atomic mass is 9.85. The van der Waals surface area contributed by atoms with E-state index in [1.54, 1.807) is 0 Å². The van der Waals surface area contributed by atoms with Crippen molar-refractivity contribution in [1.82, 2.24) is 4.90 Å². The van der Waals surface area contributed by atoms with Gasteiger partial charge in [0.15, 0.2) is 0 Å². The summed E-state index contributed by atoms with van der Waals surface area (Å²) in [6.45, 7) is 4.67. The topological polar surface area (TPSA) is 23.5 Å². The molecule has 0 saturated carbocycles. The van der Waals surface area contributed by atoms with Gasteiger partial charge in [0, 0.05) is 6.54 Å². The summed E-state index contributed by atoms with van der Waals surface area (Å²) in [5.41, 5.74) is 3.28. The van der Waals surface area contributed by atoms with Crippen molar-refractivity contribution < 1.29 is 5.11 Å². The summed E-state index contributed by atoms with van der Waals surface area (Å²) < 4.78 is 0. The molecule has 0 atom stereocenters. The normalized spacial score (nSPS) is 11.9. The summed E-state index contributed by atoms with van der Waals surface area (Å²) in [5.74, 6) is 0. The molecule has 0 bridgehead atoms. The molecule has 0 aliphatic heterocycles. The minimum atomic E-state index is -0.981. The van der Waals surface area contributed by atoms with Gasteiger partial charge < -0.3 is 10.0 Å². The Hall–Kier alpha value is -1.64. The molecule has 106 valence electrons. The van der Waals surface area contributed by atoms with Crippen LogP contribution in [0.2, 0.25) is 0 Å². The van der Waals surface area contributed by atoms with Gasteiger partial charge in [-0.2, -0.15) is 0 Å². The zero-order valence-corrected chi connectivity index (χ0v) is 12.7. The van der Waals surface area contributed by atoms with E-state index < -0.39 is 5.60 Å². The number of aryl methyl sites for hydroxylation is 2. The Kier molecular flexibility index (Phi) is 4.26. The maximum absolute atomic E-state index is 11.3. The largest absolute Gasteiger partial charge is 0.379 e. The van der Waals surface area contributed by atoms with Crippen LogP contribution in [0.3, 0.4) is 0 Å². The van der Waals surface area contributed by atoms with Gasteiger partial charge in [-0.1, -0.05) is 59.7 Å². The number of rotatable bonds is 4. The van der Waals surface area contributed by atoms with Crippen LogP contribution >= 0.6 is 0 Å². The number of likely N-dealkylation sites (N-methyl/N-ethyl adjacent to an activating group) is 1. The van der Waals surface area contributed by atoms with E-state index in [0.29, 0.717) is 6.54 Å². The molecule has 1 N–H and O–H groups in total. The van der Waals surface area contributed by atoms with Gasteiger partial charge in [-0.25, -0.2) is 0 Å². The molecule has 0 aliphatic carbocycles. The Balaban J connectivity index is 2.49. The number of benzene rings is 2. The van der Waals surface area contributed by atoms with Gasteiger partial charge in [0.1, 0.15) is 5.60 Å². The molecule has 0 unspecified atom stereocenters. The highest BCUT2D eigenvalue weighted by atomic mass is 16.3. The lowest BCUT2D eigenvalue weighted by molar-refractivity contribution is 0.0513. The van der Waals surface area contributed by atoms with Gasteiger partial charge in [0.05, 0.1) is 0 Å². The van der Waals surface area contributed by atoms with Crippen molar-refractivity contribution in [3.8, 4) is 0 Å². The van der Waals surface area contributed by atoms with Crippen LogP contribution in [0.15, 0.2) is 48.5 Å². The number of hydrogen-bond donors (Lipinski definition) is 1. The van der Waals surface area contributed by atoms with E-state index in [1.807, 2.05) is 67.5 Å². The van der Waals surface area contributed by atoms with Gasteiger partial charge in [-0.15, -0.1) is 0 Å². The maximum Gasteiger partial charge on any atom is 0.127 e. The number of aliphatic hydroxyl groups is 1. The van der Waals surface area contributed by atoms with Crippen molar-refractivity contribution in [2.75, 3.05) is 20.6 Å². The monoisotopic (exact) mass is 269 g/mol. The molecular formula is C18H23NO. The third kappa shape index (κ3) is 3.09. The average molecular weight is 269 g/mol. The molecule has 2 aromatic carbocycles. The Morgan fingerprint density at radius 2 is 1.15 bits per heavy atom. The molecule has 0 amide bonds. The fraction of sp³-hybridized carbons (Fsp3) is 0.333. The number of nitrogens with zero attached hydrogens (tertiary/aromatic N) is 1. The molecule has 0 heterocycles. The Morgan fingerprint density at radius 3 is 1.45 bits per heavy atom. The van der Waals surface area contributed by atoms with Crippen LogP contribution in [-0.4, -0.2) is 30.6 Å². The first-order valence-electron chi connectivity index (χ1n) is 6.93. The lowest BCUT2D eigenvalue weighted by Gasteiger charge is -2.32. The SMILES string of the molecule is Cc1ccc(C(O)(CN(C)C)c2ccc(C)cc2)cc1. The van der Waals surface area contributed by atoms with Crippen LogP contribution in [0.25, 0.3) is 0 Å². The first kappa shape index (κ1) is 14.8. The molecule has 2 nitrogen and oxygen atoms in total. The third-order valence-corrected chi connectivity index (χ3v) is 3.60. The molecule has 2 aromatic rings. The summed E-state index contributed by atoms with van der Waals surface area (Å²) in [6, 6.07) is 16.2. The standard InChI is InChI=1S/C18H23NO/c1-14-5-9-16(10-6-14)18(20,13-19(3)4)17-11-7-15(2)8-12-17/h5-12,20H,13H2,1-4H3. The summed E-state index contributed by atoms with van der Waals surface area (Å²) in [5, 5.41) is 11.3. The Labute approximate surface area is 121 Å². The quantitative estimate of drug-likeness (QED) is 0.922. The fourth-order valence-corrected chi connectivity index (χ4v) is 2.47. The second-order valence-electron chi connectivity index (χ2n) is 5.83. The molecule has 0 aromatic heterocycles. The highest BCUT2D eigenvalue weighted by molar-refractivity contribution is 5.38. The van der Waals surface area contributed by atoms with E-state index in [4.69, 9.17) is 0 Å². The summed E-state index contributed by atoms with van der Waals surface area (Å²) in [4.78, 5) is 2.01. The Morgan fingerprint density at radius 1 is 0.800 bits per heavy atom. The second kappa shape index (κ2) is 5.78. The van der Waals surface area contributed by atoms with E-state index in [0.717, 1.165) is 11.1 Å². The van der Waals surface area contributed by atoms with Crippen LogP contribution in [0.5, 0.6) is 0 Å². The lowest BCUT2D eigenvalue weighted by Crippen LogP contribution is -2.38. The van der Waals surface area contributed by atoms with Crippen molar-refractivity contribution in [2.24, 2.45) is 0 Å². The molecule has 0 saturated heterocycles. The molecule has 2 heteroatoms. The first-order chi connectivity index (χ1) is 9.41. The maximum atomic E-state index is 11.3. The second-order valence-corrected chi connectivity index (χ2v) is 5.83. The molecule has 20 heavy (non-hydrogen) atoms. The van der Waals surface area contributed by atoms with Crippen molar-refractivity contribution >= 4 is 0 Å². The summed E-state index contributed by atoms with van der Waals surface area (Å²) >= 11 is 0. The van der Waals surface area contributed by atoms with Crippen molar-refractivity contribution in [3.63, 3.8) is 0 Å². The van der Waals surface area contributed by atoms with Gasteiger partial charge in [0.25, 0.3) is 0 Å². The number of hydrogen-bond acceptors (Lipinski definition) is 2. The van der Waals surface area contributed by atoms with Crippen molar-refractivity contribution in [1.29, 1.82) is 0 Å². The zero-order valence-electron chi connectivity index (χ0n) is 12.7. The van der Waals surface area contributed by atoms with Crippen molar-refractivity contribution in [3.05, 3.63) is 70.8 Å². The van der Waals surface area contributed by atoms with Crippen LogP contribution in [0.4, 0.5) is 0 Å². The minimum absolute atomic E-state index is 0.555. The van der Waals surface area contributed by atoms with Gasteiger partial charge >= 0.3 is 0 Å². The molecule has 0 fully saturated rings. The van der Waals surface area contributed by atoms with Gasteiger partial charge in [0.2, 0.25) is 0 Å². The van der Waals surface area contributed by atoms with Crippen molar-refractivity contribution in [2.45, 2.75) is 19.4 Å². The highest BCUT2D eigenvalue weighted by Crippen LogP contribution is 2.30. The molecule has 0 spiro atoms. The minimum Gasteiger partial charge on any atom is -0.379 e. The predicted octanol–water partition coefficient (Wildman–Crippen LogP) is 3.10. The van der Waals surface area contributed by atoms with E-state index in [9.17, 15) is 5.11 Å². The smallest absolute Gasteiger partial charge is 0.127 e. The zero-order chi connectivity index (χ0) is 14.8. The molecule has 0 aliphatic rings. The van der Waals surface area contributed by atoms with Gasteiger partial charge in [-0.05, 0) is 39.1 Å². The van der Waals surface area contributed by atoms with E-state index in [2.05, 4.69) is 13.8 Å². The molecular weight excluding hydrogens is 246 g/mol. The van der Waals surface area contributed by atoms with Crippen LogP contribution in [-0.2, 0) is 5.60 Å². The van der Waals surface area contributed by atoms with Crippen LogP contribution in [0, 0.1) is 13.8 Å². The van der Waals surface area contributed by atoms with E-state index in [1.165, 1.54) is 11.1 Å². The van der Waals surface area contributed by atoms with Crippen LogP contribution in [0.1, 0.15) is 22.3 Å². The van der Waals surface area contributed by atoms with E-state index >= 15 is 0 Å². The average Bonchev–Trinajstić information content (AvgIpc) is 2.39. The molecule has 0 radical (unpaired) electrons. The third-order valence-electron chi connectivity index (χ3n) is 3.60. The first-order valence-corrected chi connectivity index (χ1v) is 6.93. The summed E-state index contributed by atoms with van der Waals surface area (Å²) in [6.07, 6.45) is 0.